The highest BCUT2D eigenvalue weighted by molar-refractivity contribution is 7.98. The van der Waals surface area contributed by atoms with Gasteiger partial charge in [0.05, 0.1) is 6.54 Å². The van der Waals surface area contributed by atoms with Gasteiger partial charge in [0.25, 0.3) is 5.91 Å². The van der Waals surface area contributed by atoms with E-state index in [1.807, 2.05) is 65.8 Å². The summed E-state index contributed by atoms with van der Waals surface area (Å²) in [5.41, 5.74) is 1.53. The number of amides is 2. The molecule has 1 aliphatic rings. The zero-order valence-corrected chi connectivity index (χ0v) is 15.7. The Morgan fingerprint density at radius 3 is 2.23 bits per heavy atom. The van der Waals surface area contributed by atoms with Crippen LogP contribution in [0.5, 0.6) is 0 Å². The Kier molecular flexibility index (Phi) is 6.30. The monoisotopic (exact) mass is 369 g/mol. The third-order valence-corrected chi connectivity index (χ3v) is 5.16. The molecule has 5 nitrogen and oxygen atoms in total. The molecule has 3 rings (SSSR count). The Balaban J connectivity index is 1.46. The van der Waals surface area contributed by atoms with E-state index in [0.29, 0.717) is 38.3 Å². The SMILES string of the molecule is CSc1ccc(NC(=O)CN2CCN(C(=O)c3ccccc3)CC2)cc1. The molecular weight excluding hydrogens is 346 g/mol. The number of hydrogen-bond acceptors (Lipinski definition) is 4. The minimum Gasteiger partial charge on any atom is -0.336 e. The van der Waals surface area contributed by atoms with Crippen molar-refractivity contribution < 1.29 is 9.59 Å². The molecule has 1 heterocycles. The number of carbonyl (C=O) groups excluding carboxylic acids is 2. The third-order valence-electron chi connectivity index (χ3n) is 4.42. The van der Waals surface area contributed by atoms with Crippen molar-refractivity contribution in [3.05, 3.63) is 60.2 Å². The lowest BCUT2D eigenvalue weighted by atomic mass is 10.2. The van der Waals surface area contributed by atoms with Gasteiger partial charge in [-0.15, -0.1) is 11.8 Å². The molecule has 2 aromatic rings. The Morgan fingerprint density at radius 2 is 1.62 bits per heavy atom. The molecule has 136 valence electrons. The van der Waals surface area contributed by atoms with Crippen LogP contribution >= 0.6 is 11.8 Å². The molecule has 1 saturated heterocycles. The number of piperazine rings is 1. The van der Waals surface area contributed by atoms with E-state index in [1.165, 1.54) is 4.90 Å². The van der Waals surface area contributed by atoms with E-state index in [2.05, 4.69) is 10.2 Å². The summed E-state index contributed by atoms with van der Waals surface area (Å²) in [5.74, 6) is 0.0355. The van der Waals surface area contributed by atoms with Crippen LogP contribution in [-0.2, 0) is 4.79 Å². The maximum Gasteiger partial charge on any atom is 0.253 e. The smallest absolute Gasteiger partial charge is 0.253 e. The summed E-state index contributed by atoms with van der Waals surface area (Å²) >= 11 is 1.67. The molecule has 0 bridgehead atoms. The average Bonchev–Trinajstić information content (AvgIpc) is 2.69. The number of anilines is 1. The number of benzene rings is 2. The van der Waals surface area contributed by atoms with Crippen molar-refractivity contribution >= 4 is 29.3 Å². The minimum atomic E-state index is -0.0234. The maximum absolute atomic E-state index is 12.4. The number of hydrogen-bond donors (Lipinski definition) is 1. The average molecular weight is 369 g/mol. The molecule has 0 unspecified atom stereocenters. The van der Waals surface area contributed by atoms with Crippen molar-refractivity contribution in [1.82, 2.24) is 9.80 Å². The number of rotatable bonds is 5. The summed E-state index contributed by atoms with van der Waals surface area (Å²) in [6.07, 6.45) is 2.02. The molecule has 0 aliphatic carbocycles. The summed E-state index contributed by atoms with van der Waals surface area (Å²) < 4.78 is 0. The van der Waals surface area contributed by atoms with Gasteiger partial charge in [-0.1, -0.05) is 18.2 Å². The summed E-state index contributed by atoms with van der Waals surface area (Å²) in [5, 5.41) is 2.93. The fraction of sp³-hybridized carbons (Fsp3) is 0.300. The fourth-order valence-corrected chi connectivity index (χ4v) is 3.36. The van der Waals surface area contributed by atoms with Crippen molar-refractivity contribution in [2.45, 2.75) is 4.90 Å². The summed E-state index contributed by atoms with van der Waals surface area (Å²) in [4.78, 5) is 29.8. The first-order chi connectivity index (χ1) is 12.7. The van der Waals surface area contributed by atoms with E-state index < -0.39 is 0 Å². The largest absolute Gasteiger partial charge is 0.336 e. The molecule has 1 N–H and O–H groups in total. The molecule has 26 heavy (non-hydrogen) atoms. The van der Waals surface area contributed by atoms with Crippen LogP contribution in [0.2, 0.25) is 0 Å². The lowest BCUT2D eigenvalue weighted by Gasteiger charge is -2.34. The van der Waals surface area contributed by atoms with Crippen LogP contribution in [0.3, 0.4) is 0 Å². The van der Waals surface area contributed by atoms with Gasteiger partial charge >= 0.3 is 0 Å². The second-order valence-electron chi connectivity index (χ2n) is 6.21. The van der Waals surface area contributed by atoms with Gasteiger partial charge in [-0.2, -0.15) is 0 Å². The fourth-order valence-electron chi connectivity index (χ4n) is 2.95. The maximum atomic E-state index is 12.4. The highest BCUT2D eigenvalue weighted by Gasteiger charge is 2.23. The summed E-state index contributed by atoms with van der Waals surface area (Å²) in [6, 6.07) is 17.2. The third kappa shape index (κ3) is 4.86. The Hall–Kier alpha value is -2.31. The van der Waals surface area contributed by atoms with Gasteiger partial charge < -0.3 is 10.2 Å². The molecule has 0 atom stereocenters. The summed E-state index contributed by atoms with van der Waals surface area (Å²) in [7, 11) is 0. The van der Waals surface area contributed by atoms with E-state index in [1.54, 1.807) is 11.8 Å². The highest BCUT2D eigenvalue weighted by Crippen LogP contribution is 2.17. The standard InChI is InChI=1S/C20H23N3O2S/c1-26-18-9-7-17(8-10-18)21-19(24)15-22-11-13-23(14-12-22)20(25)16-5-3-2-4-6-16/h2-10H,11-15H2,1H3,(H,21,24). The first kappa shape index (κ1) is 18.5. The van der Waals surface area contributed by atoms with Crippen molar-refractivity contribution in [2.75, 3.05) is 44.3 Å². The topological polar surface area (TPSA) is 52.7 Å². The second kappa shape index (κ2) is 8.87. The molecule has 6 heteroatoms. The first-order valence-corrected chi connectivity index (χ1v) is 9.89. The number of carbonyl (C=O) groups is 2. The zero-order valence-electron chi connectivity index (χ0n) is 14.9. The zero-order chi connectivity index (χ0) is 18.4. The molecule has 1 fully saturated rings. The number of thioether (sulfide) groups is 1. The van der Waals surface area contributed by atoms with E-state index in [4.69, 9.17) is 0 Å². The summed E-state index contributed by atoms with van der Waals surface area (Å²) in [6.45, 7) is 3.04. The highest BCUT2D eigenvalue weighted by atomic mass is 32.2. The van der Waals surface area contributed by atoms with Crippen molar-refractivity contribution in [2.24, 2.45) is 0 Å². The Morgan fingerprint density at radius 1 is 0.962 bits per heavy atom. The minimum absolute atomic E-state index is 0.0234. The number of nitrogens with one attached hydrogen (secondary N) is 1. The van der Waals surface area contributed by atoms with E-state index >= 15 is 0 Å². The van der Waals surface area contributed by atoms with E-state index in [9.17, 15) is 9.59 Å². The van der Waals surface area contributed by atoms with E-state index in [0.717, 1.165) is 5.69 Å². The van der Waals surface area contributed by atoms with Gasteiger partial charge in [-0.05, 0) is 42.7 Å². The van der Waals surface area contributed by atoms with Gasteiger partial charge in [-0.3, -0.25) is 14.5 Å². The predicted octanol–water partition coefficient (Wildman–Crippen LogP) is 2.81. The van der Waals surface area contributed by atoms with Gasteiger partial charge in [0, 0.05) is 42.3 Å². The molecule has 0 aromatic heterocycles. The Bertz CT molecular complexity index is 741. The van der Waals surface area contributed by atoms with Crippen LogP contribution in [0, 0.1) is 0 Å². The van der Waals surface area contributed by atoms with Crippen molar-refractivity contribution in [3.63, 3.8) is 0 Å². The van der Waals surface area contributed by atoms with Gasteiger partial charge in [0.2, 0.25) is 5.91 Å². The molecule has 2 aromatic carbocycles. The second-order valence-corrected chi connectivity index (χ2v) is 7.09. The van der Waals surface area contributed by atoms with Gasteiger partial charge in [0.15, 0.2) is 0 Å². The van der Waals surface area contributed by atoms with Crippen LogP contribution in [0.1, 0.15) is 10.4 Å². The Labute approximate surface area is 158 Å². The van der Waals surface area contributed by atoms with Crippen LogP contribution in [0.4, 0.5) is 5.69 Å². The van der Waals surface area contributed by atoms with Gasteiger partial charge in [-0.25, -0.2) is 0 Å². The van der Waals surface area contributed by atoms with Crippen LogP contribution in [0.15, 0.2) is 59.5 Å². The van der Waals surface area contributed by atoms with Crippen molar-refractivity contribution in [1.29, 1.82) is 0 Å². The van der Waals surface area contributed by atoms with E-state index in [-0.39, 0.29) is 11.8 Å². The van der Waals surface area contributed by atoms with Gasteiger partial charge in [0.1, 0.15) is 0 Å². The first-order valence-electron chi connectivity index (χ1n) is 8.66. The number of nitrogens with zero attached hydrogens (tertiary/aromatic N) is 2. The molecule has 0 saturated carbocycles. The lowest BCUT2D eigenvalue weighted by molar-refractivity contribution is -0.117. The molecule has 2 amide bonds. The molecule has 0 spiro atoms. The molecular formula is C20H23N3O2S. The lowest BCUT2D eigenvalue weighted by Crippen LogP contribution is -2.50. The molecule has 1 aliphatic heterocycles. The normalized spacial score (nSPS) is 14.9. The van der Waals surface area contributed by atoms with Crippen LogP contribution in [-0.4, -0.2) is 60.6 Å². The predicted molar refractivity (Wildman–Crippen MR) is 106 cm³/mol. The quantitative estimate of drug-likeness (QED) is 0.824. The van der Waals surface area contributed by atoms with Crippen LogP contribution < -0.4 is 5.32 Å². The van der Waals surface area contributed by atoms with Crippen molar-refractivity contribution in [3.8, 4) is 0 Å². The molecule has 0 radical (unpaired) electrons. The van der Waals surface area contributed by atoms with Crippen LogP contribution in [0.25, 0.3) is 0 Å².